The second-order valence-corrected chi connectivity index (χ2v) is 5.34. The van der Waals surface area contributed by atoms with Gasteiger partial charge >= 0.3 is 5.97 Å². The van der Waals surface area contributed by atoms with Crippen LogP contribution in [0.1, 0.15) is 20.7 Å². The monoisotopic (exact) mass is 336 g/mol. The molecule has 7 heteroatoms. The van der Waals surface area contributed by atoms with Crippen LogP contribution in [0.4, 0.5) is 5.69 Å². The van der Waals surface area contributed by atoms with E-state index in [1.165, 1.54) is 13.2 Å². The number of carbonyl (C=O) groups is 2. The molecule has 126 valence electrons. The Bertz CT molecular complexity index is 933. The molecule has 1 heterocycles. The van der Waals surface area contributed by atoms with E-state index in [4.69, 9.17) is 0 Å². The topological polar surface area (TPSA) is 86.1 Å². The van der Waals surface area contributed by atoms with Gasteiger partial charge in [-0.05, 0) is 30.3 Å². The highest BCUT2D eigenvalue weighted by molar-refractivity contribution is 6.07. The Hall–Kier alpha value is -3.48. The van der Waals surface area contributed by atoms with E-state index < -0.39 is 5.97 Å². The highest BCUT2D eigenvalue weighted by Crippen LogP contribution is 2.26. The number of ether oxygens (including phenoxy) is 1. The molecule has 25 heavy (non-hydrogen) atoms. The van der Waals surface area contributed by atoms with Gasteiger partial charge in [0.25, 0.3) is 5.91 Å². The molecule has 2 aromatic carbocycles. The van der Waals surface area contributed by atoms with E-state index in [0.717, 1.165) is 5.56 Å². The number of aryl methyl sites for hydroxylation is 1. The summed E-state index contributed by atoms with van der Waals surface area (Å²) in [5.74, 6) is -0.186. The second kappa shape index (κ2) is 6.96. The Morgan fingerprint density at radius 3 is 2.56 bits per heavy atom. The van der Waals surface area contributed by atoms with Gasteiger partial charge in [-0.1, -0.05) is 18.2 Å². The van der Waals surface area contributed by atoms with Crippen LogP contribution in [0, 0.1) is 0 Å². The van der Waals surface area contributed by atoms with Crippen molar-refractivity contribution in [2.24, 2.45) is 7.05 Å². The number of benzene rings is 2. The number of anilines is 1. The van der Waals surface area contributed by atoms with Crippen LogP contribution in [0.2, 0.25) is 0 Å². The van der Waals surface area contributed by atoms with E-state index in [1.807, 2.05) is 25.2 Å². The smallest absolute Gasteiger partial charge is 0.337 e. The van der Waals surface area contributed by atoms with E-state index in [2.05, 4.69) is 20.3 Å². The summed E-state index contributed by atoms with van der Waals surface area (Å²) < 4.78 is 6.45. The number of rotatable bonds is 4. The van der Waals surface area contributed by atoms with Gasteiger partial charge in [-0.3, -0.25) is 4.79 Å². The first kappa shape index (κ1) is 16.4. The van der Waals surface area contributed by atoms with Gasteiger partial charge in [0, 0.05) is 18.2 Å². The summed E-state index contributed by atoms with van der Waals surface area (Å²) >= 11 is 0. The van der Waals surface area contributed by atoms with Gasteiger partial charge in [-0.25, -0.2) is 4.79 Å². The quantitative estimate of drug-likeness (QED) is 0.740. The highest BCUT2D eigenvalue weighted by Gasteiger charge is 2.14. The van der Waals surface area contributed by atoms with Gasteiger partial charge in [0.15, 0.2) is 5.82 Å². The number of hydrogen-bond donors (Lipinski definition) is 1. The largest absolute Gasteiger partial charge is 0.465 e. The van der Waals surface area contributed by atoms with Gasteiger partial charge in [-0.2, -0.15) is 0 Å². The average molecular weight is 336 g/mol. The number of esters is 1. The van der Waals surface area contributed by atoms with Crippen molar-refractivity contribution in [2.75, 3.05) is 12.4 Å². The third-order valence-electron chi connectivity index (χ3n) is 3.67. The van der Waals surface area contributed by atoms with Gasteiger partial charge in [-0.15, -0.1) is 10.2 Å². The average Bonchev–Trinajstić information content (AvgIpc) is 3.07. The fourth-order valence-corrected chi connectivity index (χ4v) is 2.41. The molecule has 1 aromatic heterocycles. The zero-order chi connectivity index (χ0) is 17.8. The summed E-state index contributed by atoms with van der Waals surface area (Å²) in [5, 5.41) is 10.8. The molecular weight excluding hydrogens is 320 g/mol. The summed E-state index contributed by atoms with van der Waals surface area (Å²) in [6.45, 7) is 0. The lowest BCUT2D eigenvalue weighted by Crippen LogP contribution is -2.14. The van der Waals surface area contributed by atoms with Crippen molar-refractivity contribution in [1.29, 1.82) is 0 Å². The van der Waals surface area contributed by atoms with Crippen molar-refractivity contribution in [3.8, 4) is 11.4 Å². The summed E-state index contributed by atoms with van der Waals surface area (Å²) in [5.41, 5.74) is 2.03. The van der Waals surface area contributed by atoms with E-state index in [0.29, 0.717) is 22.6 Å². The van der Waals surface area contributed by atoms with Crippen molar-refractivity contribution < 1.29 is 14.3 Å². The van der Waals surface area contributed by atoms with Crippen molar-refractivity contribution in [1.82, 2.24) is 14.8 Å². The minimum atomic E-state index is -0.492. The predicted molar refractivity (Wildman–Crippen MR) is 92.2 cm³/mol. The molecule has 0 atom stereocenters. The molecule has 0 fully saturated rings. The van der Waals surface area contributed by atoms with Crippen molar-refractivity contribution in [3.05, 3.63) is 66.0 Å². The first-order valence-electron chi connectivity index (χ1n) is 7.53. The predicted octanol–water partition coefficient (Wildman–Crippen LogP) is 2.52. The maximum atomic E-state index is 12.6. The van der Waals surface area contributed by atoms with Crippen LogP contribution < -0.4 is 5.32 Å². The molecule has 0 spiro atoms. The third-order valence-corrected chi connectivity index (χ3v) is 3.67. The molecule has 0 aliphatic rings. The lowest BCUT2D eigenvalue weighted by atomic mass is 10.1. The Morgan fingerprint density at radius 1 is 1.08 bits per heavy atom. The van der Waals surface area contributed by atoms with Crippen LogP contribution in [0.15, 0.2) is 54.9 Å². The van der Waals surface area contributed by atoms with Gasteiger partial charge < -0.3 is 14.6 Å². The first-order chi connectivity index (χ1) is 12.1. The van der Waals surface area contributed by atoms with Gasteiger partial charge in [0.2, 0.25) is 0 Å². The van der Waals surface area contributed by atoms with E-state index in [1.54, 1.807) is 35.2 Å². The fraction of sp³-hybridized carbons (Fsp3) is 0.111. The molecule has 0 saturated carbocycles. The summed E-state index contributed by atoms with van der Waals surface area (Å²) in [6.07, 6.45) is 1.59. The van der Waals surface area contributed by atoms with Gasteiger partial charge in [0.1, 0.15) is 6.33 Å². The lowest BCUT2D eigenvalue weighted by Gasteiger charge is -2.11. The van der Waals surface area contributed by atoms with E-state index >= 15 is 0 Å². The maximum Gasteiger partial charge on any atom is 0.337 e. The first-order valence-corrected chi connectivity index (χ1v) is 7.53. The molecule has 3 aromatic rings. The minimum absolute atomic E-state index is 0.316. The van der Waals surface area contributed by atoms with E-state index in [-0.39, 0.29) is 5.91 Å². The number of nitrogens with zero attached hydrogens (tertiary/aromatic N) is 3. The van der Waals surface area contributed by atoms with Crippen molar-refractivity contribution >= 4 is 17.6 Å². The number of amides is 1. The van der Waals surface area contributed by atoms with E-state index in [9.17, 15) is 9.59 Å². The summed E-state index contributed by atoms with van der Waals surface area (Å²) in [4.78, 5) is 24.2. The number of nitrogens with one attached hydrogen (secondary N) is 1. The summed E-state index contributed by atoms with van der Waals surface area (Å²) in [6, 6.07) is 13.7. The van der Waals surface area contributed by atoms with Crippen LogP contribution in [-0.4, -0.2) is 33.8 Å². The fourth-order valence-electron chi connectivity index (χ4n) is 2.41. The zero-order valence-electron chi connectivity index (χ0n) is 13.8. The van der Waals surface area contributed by atoms with Crippen LogP contribution in [0.3, 0.4) is 0 Å². The Morgan fingerprint density at radius 2 is 1.84 bits per heavy atom. The Labute approximate surface area is 144 Å². The van der Waals surface area contributed by atoms with Crippen LogP contribution in [-0.2, 0) is 11.8 Å². The standard InChI is InChI=1S/C18H16N4O3/c1-22-11-19-21-16(22)14-8-3-4-9-15(14)20-17(23)12-6-5-7-13(10-12)18(24)25-2/h3-11H,1-2H3,(H,20,23). The molecule has 0 radical (unpaired) electrons. The molecule has 3 rings (SSSR count). The molecule has 0 unspecified atom stereocenters. The molecule has 1 N–H and O–H groups in total. The number of aromatic nitrogens is 3. The molecule has 0 saturated heterocycles. The molecule has 0 aliphatic carbocycles. The summed E-state index contributed by atoms with van der Waals surface area (Å²) in [7, 11) is 3.12. The zero-order valence-corrected chi connectivity index (χ0v) is 13.8. The number of para-hydroxylation sites is 1. The third kappa shape index (κ3) is 3.40. The molecule has 0 aliphatic heterocycles. The Kier molecular flexibility index (Phi) is 4.56. The van der Waals surface area contributed by atoms with Gasteiger partial charge in [0.05, 0.1) is 18.4 Å². The van der Waals surface area contributed by atoms with Crippen LogP contribution >= 0.6 is 0 Å². The molecule has 0 bridgehead atoms. The highest BCUT2D eigenvalue weighted by atomic mass is 16.5. The number of hydrogen-bond acceptors (Lipinski definition) is 5. The lowest BCUT2D eigenvalue weighted by molar-refractivity contribution is 0.0600. The molecule has 7 nitrogen and oxygen atoms in total. The number of carbonyl (C=O) groups excluding carboxylic acids is 2. The number of methoxy groups -OCH3 is 1. The maximum absolute atomic E-state index is 12.6. The van der Waals surface area contributed by atoms with Crippen LogP contribution in [0.25, 0.3) is 11.4 Å². The van der Waals surface area contributed by atoms with Crippen LogP contribution in [0.5, 0.6) is 0 Å². The van der Waals surface area contributed by atoms with Crippen molar-refractivity contribution in [3.63, 3.8) is 0 Å². The SMILES string of the molecule is COC(=O)c1cccc(C(=O)Nc2ccccc2-c2nncn2C)c1. The molecular formula is C18H16N4O3. The van der Waals surface area contributed by atoms with Crippen molar-refractivity contribution in [2.45, 2.75) is 0 Å². The second-order valence-electron chi connectivity index (χ2n) is 5.34. The minimum Gasteiger partial charge on any atom is -0.465 e. The molecule has 1 amide bonds. The normalized spacial score (nSPS) is 10.3. The Balaban J connectivity index is 1.90.